The van der Waals surface area contributed by atoms with Crippen molar-refractivity contribution < 1.29 is 29.0 Å². The highest BCUT2D eigenvalue weighted by Crippen LogP contribution is 2.43. The zero-order valence-electron chi connectivity index (χ0n) is 25.4. The lowest BCUT2D eigenvalue weighted by Gasteiger charge is -2.40. The third-order valence-corrected chi connectivity index (χ3v) is 9.28. The van der Waals surface area contributed by atoms with E-state index in [0.29, 0.717) is 25.9 Å². The Labute approximate surface area is 248 Å². The minimum Gasteiger partial charge on any atom is -0.444 e. The number of carbonyl (C=O) groups is 4. The van der Waals surface area contributed by atoms with E-state index in [-0.39, 0.29) is 42.6 Å². The molecule has 1 aromatic rings. The second-order valence-corrected chi connectivity index (χ2v) is 13.5. The maximum Gasteiger partial charge on any atom is 0.410 e. The Morgan fingerprint density at radius 2 is 1.64 bits per heavy atom. The van der Waals surface area contributed by atoms with Gasteiger partial charge < -0.3 is 24.5 Å². The number of hydrogen-bond donors (Lipinski definition) is 1. The van der Waals surface area contributed by atoms with Crippen molar-refractivity contribution in [3.63, 3.8) is 0 Å². The van der Waals surface area contributed by atoms with E-state index in [4.69, 9.17) is 4.74 Å². The van der Waals surface area contributed by atoms with E-state index in [1.807, 2.05) is 30.3 Å². The van der Waals surface area contributed by atoms with Crippen LogP contribution in [0.5, 0.6) is 0 Å². The number of β-amino-alcohol motifs (C(OH)–C–C–N with tert-alkyl or cyclic N) is 1. The van der Waals surface area contributed by atoms with E-state index in [1.165, 1.54) is 9.80 Å². The summed E-state index contributed by atoms with van der Waals surface area (Å²) in [7, 11) is 1.77. The first-order valence-corrected chi connectivity index (χ1v) is 15.5. The van der Waals surface area contributed by atoms with Gasteiger partial charge in [0.25, 0.3) is 0 Å². The standard InChI is InChI=1S/C32H46N4O6/c1-32(2,3)42-31(41)34-16-9-8-14-25(34)29(39)35-20-23(37)18-26(35)30(40)36-24-15-10-13-22(24)17-27(36)28(38)33(4)19-21-11-6-5-7-12-21/h5-7,11-12,22-27,37H,8-10,13-20H2,1-4H3/t22-,23+,24-,25-,26-,27-/m0/s1. The first-order valence-electron chi connectivity index (χ1n) is 15.5. The molecule has 0 unspecified atom stereocenters. The number of fused-ring (bicyclic) bond motifs is 1. The first kappa shape index (κ1) is 30.3. The Morgan fingerprint density at radius 1 is 0.905 bits per heavy atom. The van der Waals surface area contributed by atoms with E-state index in [9.17, 15) is 24.3 Å². The van der Waals surface area contributed by atoms with Crippen molar-refractivity contribution in [2.45, 2.75) is 115 Å². The van der Waals surface area contributed by atoms with Crippen molar-refractivity contribution in [2.75, 3.05) is 20.1 Å². The Hall–Kier alpha value is -3.14. The molecule has 3 saturated heterocycles. The molecule has 3 heterocycles. The number of carbonyl (C=O) groups excluding carboxylic acids is 4. The van der Waals surface area contributed by atoms with Crippen molar-refractivity contribution in [2.24, 2.45) is 5.92 Å². The normalized spacial score (nSPS) is 29.4. The number of aliphatic hydroxyl groups is 1. The van der Waals surface area contributed by atoms with Gasteiger partial charge in [-0.05, 0) is 70.8 Å². The van der Waals surface area contributed by atoms with Crippen LogP contribution >= 0.6 is 0 Å². The van der Waals surface area contributed by atoms with Gasteiger partial charge in [-0.3, -0.25) is 19.3 Å². The third-order valence-electron chi connectivity index (χ3n) is 9.28. The number of rotatable bonds is 5. The lowest BCUT2D eigenvalue weighted by Crippen LogP contribution is -2.59. The van der Waals surface area contributed by atoms with Gasteiger partial charge in [-0.2, -0.15) is 0 Å². The summed E-state index contributed by atoms with van der Waals surface area (Å²) in [5, 5.41) is 10.7. The molecule has 0 bridgehead atoms. The molecule has 3 aliphatic heterocycles. The molecule has 1 aliphatic carbocycles. The Bertz CT molecular complexity index is 1170. The largest absolute Gasteiger partial charge is 0.444 e. The van der Waals surface area contributed by atoms with E-state index >= 15 is 0 Å². The third kappa shape index (κ3) is 6.28. The average molecular weight is 583 g/mol. The van der Waals surface area contributed by atoms with Gasteiger partial charge in [-0.1, -0.05) is 36.8 Å². The average Bonchev–Trinajstić information content (AvgIpc) is 3.66. The van der Waals surface area contributed by atoms with Crippen molar-refractivity contribution in [1.82, 2.24) is 19.6 Å². The summed E-state index contributed by atoms with van der Waals surface area (Å²) in [6.07, 6.45) is 4.20. The lowest BCUT2D eigenvalue weighted by atomic mass is 10.0. The summed E-state index contributed by atoms with van der Waals surface area (Å²) in [5.41, 5.74) is 0.315. The van der Waals surface area contributed by atoms with Gasteiger partial charge in [0.1, 0.15) is 23.7 Å². The first-order chi connectivity index (χ1) is 19.9. The highest BCUT2D eigenvalue weighted by atomic mass is 16.6. The van der Waals surface area contributed by atoms with Crippen LogP contribution in [-0.2, 0) is 25.7 Å². The number of likely N-dealkylation sites (N-methyl/N-ethyl adjacent to an activating group) is 1. The molecule has 4 aliphatic rings. The summed E-state index contributed by atoms with van der Waals surface area (Å²) in [6.45, 7) is 6.25. The molecule has 6 atom stereocenters. The fourth-order valence-electron chi connectivity index (χ4n) is 7.40. The number of amides is 4. The quantitative estimate of drug-likeness (QED) is 0.571. The molecule has 230 valence electrons. The number of likely N-dealkylation sites (tertiary alicyclic amines) is 3. The molecule has 4 fully saturated rings. The number of nitrogens with zero attached hydrogens (tertiary/aromatic N) is 4. The molecular weight excluding hydrogens is 536 g/mol. The van der Waals surface area contributed by atoms with Gasteiger partial charge in [0.15, 0.2) is 0 Å². The topological polar surface area (TPSA) is 111 Å². The van der Waals surface area contributed by atoms with Crippen LogP contribution in [0.1, 0.15) is 77.7 Å². The van der Waals surface area contributed by atoms with E-state index < -0.39 is 35.9 Å². The van der Waals surface area contributed by atoms with Gasteiger partial charge in [-0.25, -0.2) is 4.79 Å². The van der Waals surface area contributed by atoms with Crippen LogP contribution < -0.4 is 0 Å². The fourth-order valence-corrected chi connectivity index (χ4v) is 7.40. The van der Waals surface area contributed by atoms with Crippen LogP contribution in [0, 0.1) is 5.92 Å². The summed E-state index contributed by atoms with van der Waals surface area (Å²) in [6, 6.07) is 7.52. The summed E-state index contributed by atoms with van der Waals surface area (Å²) >= 11 is 0. The number of piperidine rings is 1. The van der Waals surface area contributed by atoms with Gasteiger partial charge in [0, 0.05) is 39.1 Å². The van der Waals surface area contributed by atoms with Gasteiger partial charge in [-0.15, -0.1) is 0 Å². The molecule has 1 aromatic carbocycles. The fraction of sp³-hybridized carbons (Fsp3) is 0.688. The highest BCUT2D eigenvalue weighted by molar-refractivity contribution is 5.95. The summed E-state index contributed by atoms with van der Waals surface area (Å²) in [4.78, 5) is 61.7. The SMILES string of the molecule is CN(Cc1ccccc1)C(=O)[C@@H]1C[C@@H]2CCC[C@@H]2N1C(=O)[C@@H]1C[C@@H](O)CN1C(=O)[C@@H]1CCCCN1C(=O)OC(C)(C)C. The Kier molecular flexibility index (Phi) is 8.83. The molecule has 0 spiro atoms. The van der Waals surface area contributed by atoms with E-state index in [1.54, 1.807) is 37.6 Å². The number of aliphatic hydroxyl groups excluding tert-OH is 1. The minimum atomic E-state index is -0.871. The zero-order valence-corrected chi connectivity index (χ0v) is 25.4. The van der Waals surface area contributed by atoms with Crippen LogP contribution in [-0.4, -0.2) is 105 Å². The Balaban J connectivity index is 1.36. The molecule has 4 amide bonds. The highest BCUT2D eigenvalue weighted by Gasteiger charge is 2.53. The van der Waals surface area contributed by atoms with Crippen molar-refractivity contribution in [1.29, 1.82) is 0 Å². The van der Waals surface area contributed by atoms with Crippen LogP contribution in [0.4, 0.5) is 4.79 Å². The monoisotopic (exact) mass is 582 g/mol. The maximum atomic E-state index is 14.4. The number of ether oxygens (including phenoxy) is 1. The van der Waals surface area contributed by atoms with Crippen molar-refractivity contribution in [3.8, 4) is 0 Å². The molecular formula is C32H46N4O6. The van der Waals surface area contributed by atoms with Crippen LogP contribution in [0.25, 0.3) is 0 Å². The van der Waals surface area contributed by atoms with Gasteiger partial charge in [0.05, 0.1) is 6.10 Å². The maximum absolute atomic E-state index is 14.4. The number of benzene rings is 1. The van der Waals surface area contributed by atoms with Crippen LogP contribution in [0.3, 0.4) is 0 Å². The van der Waals surface area contributed by atoms with Crippen molar-refractivity contribution in [3.05, 3.63) is 35.9 Å². The second kappa shape index (κ2) is 12.2. The molecule has 10 heteroatoms. The van der Waals surface area contributed by atoms with Crippen LogP contribution in [0.15, 0.2) is 30.3 Å². The summed E-state index contributed by atoms with van der Waals surface area (Å²) < 4.78 is 5.60. The van der Waals surface area contributed by atoms with Crippen LogP contribution in [0.2, 0.25) is 0 Å². The molecule has 5 rings (SSSR count). The van der Waals surface area contributed by atoms with E-state index in [0.717, 1.165) is 37.7 Å². The smallest absolute Gasteiger partial charge is 0.410 e. The molecule has 42 heavy (non-hydrogen) atoms. The second-order valence-electron chi connectivity index (χ2n) is 13.5. The summed E-state index contributed by atoms with van der Waals surface area (Å²) in [5.74, 6) is -0.437. The van der Waals surface area contributed by atoms with E-state index in [2.05, 4.69) is 0 Å². The van der Waals surface area contributed by atoms with Crippen molar-refractivity contribution >= 4 is 23.8 Å². The number of hydrogen-bond acceptors (Lipinski definition) is 6. The van der Waals surface area contributed by atoms with Gasteiger partial charge in [0.2, 0.25) is 17.7 Å². The zero-order chi connectivity index (χ0) is 30.2. The van der Waals surface area contributed by atoms with Gasteiger partial charge >= 0.3 is 6.09 Å². The lowest BCUT2D eigenvalue weighted by molar-refractivity contribution is -0.152. The Morgan fingerprint density at radius 3 is 2.36 bits per heavy atom. The molecule has 0 aromatic heterocycles. The molecule has 1 saturated carbocycles. The minimum absolute atomic E-state index is 0.0301. The predicted molar refractivity (Wildman–Crippen MR) is 156 cm³/mol. The predicted octanol–water partition coefficient (Wildman–Crippen LogP) is 3.17. The molecule has 0 radical (unpaired) electrons. The molecule has 1 N–H and O–H groups in total. The molecule has 10 nitrogen and oxygen atoms in total.